The van der Waals surface area contributed by atoms with Crippen LogP contribution in [-0.2, 0) is 0 Å². The van der Waals surface area contributed by atoms with Gasteiger partial charge < -0.3 is 22.1 Å². The summed E-state index contributed by atoms with van der Waals surface area (Å²) in [6, 6.07) is 0. The Morgan fingerprint density at radius 1 is 0.688 bits per heavy atom. The number of unbranched alkanes of at least 4 members (excludes halogenated alkanes) is 2. The highest BCUT2D eigenvalue weighted by molar-refractivity contribution is 4.85. The van der Waals surface area contributed by atoms with Crippen molar-refractivity contribution in [3.63, 3.8) is 0 Å². The van der Waals surface area contributed by atoms with Crippen LogP contribution < -0.4 is 22.1 Å². The third kappa shape index (κ3) is 13.6. The summed E-state index contributed by atoms with van der Waals surface area (Å²) >= 11 is 0. The van der Waals surface area contributed by atoms with E-state index >= 15 is 0 Å². The highest BCUT2D eigenvalue weighted by Crippen LogP contribution is 1.83. The van der Waals surface area contributed by atoms with Crippen molar-refractivity contribution in [2.75, 3.05) is 39.3 Å². The van der Waals surface area contributed by atoms with Gasteiger partial charge in [-0.1, -0.05) is 12.2 Å². The van der Waals surface area contributed by atoms with Crippen molar-refractivity contribution in [3.05, 3.63) is 12.2 Å². The van der Waals surface area contributed by atoms with Gasteiger partial charge in [0, 0.05) is 13.1 Å². The van der Waals surface area contributed by atoms with Crippen LogP contribution in [0.4, 0.5) is 0 Å². The third-order valence-corrected chi connectivity index (χ3v) is 2.31. The number of nitrogens with one attached hydrogen (secondary N) is 2. The van der Waals surface area contributed by atoms with Crippen molar-refractivity contribution >= 4 is 0 Å². The second-order valence-corrected chi connectivity index (χ2v) is 3.87. The minimum absolute atomic E-state index is 0.796. The molecule has 0 aromatic carbocycles. The van der Waals surface area contributed by atoms with Gasteiger partial charge in [0.15, 0.2) is 0 Å². The van der Waals surface area contributed by atoms with Crippen molar-refractivity contribution < 1.29 is 0 Å². The van der Waals surface area contributed by atoms with Gasteiger partial charge in [-0.2, -0.15) is 0 Å². The van der Waals surface area contributed by atoms with E-state index in [1.165, 1.54) is 12.8 Å². The van der Waals surface area contributed by atoms with Gasteiger partial charge in [-0.05, 0) is 51.9 Å². The second-order valence-electron chi connectivity index (χ2n) is 3.87. The van der Waals surface area contributed by atoms with E-state index in [0.717, 1.165) is 52.1 Å². The van der Waals surface area contributed by atoms with E-state index in [-0.39, 0.29) is 0 Å². The molecule has 0 amide bonds. The lowest BCUT2D eigenvalue weighted by atomic mass is 10.3. The lowest BCUT2D eigenvalue weighted by molar-refractivity contribution is 0.653. The van der Waals surface area contributed by atoms with Crippen molar-refractivity contribution in [2.24, 2.45) is 11.5 Å². The lowest BCUT2D eigenvalue weighted by Crippen LogP contribution is -2.18. The fourth-order valence-electron chi connectivity index (χ4n) is 1.33. The number of hydrogen-bond acceptors (Lipinski definition) is 4. The molecule has 0 atom stereocenters. The predicted octanol–water partition coefficient (Wildman–Crippen LogP) is 0.200. The van der Waals surface area contributed by atoms with Gasteiger partial charge in [-0.3, -0.25) is 0 Å². The zero-order valence-electron chi connectivity index (χ0n) is 10.4. The summed E-state index contributed by atoms with van der Waals surface area (Å²) in [7, 11) is 0. The maximum Gasteiger partial charge on any atom is 0.0135 e. The van der Waals surface area contributed by atoms with E-state index in [4.69, 9.17) is 11.5 Å². The fourth-order valence-corrected chi connectivity index (χ4v) is 1.33. The third-order valence-electron chi connectivity index (χ3n) is 2.31. The Bertz CT molecular complexity index is 132. The molecule has 0 aromatic heterocycles. The van der Waals surface area contributed by atoms with E-state index < -0.39 is 0 Å². The molecule has 0 rings (SSSR count). The topological polar surface area (TPSA) is 76.1 Å². The normalized spacial score (nSPS) is 11.4. The average Bonchev–Trinajstić information content (AvgIpc) is 2.31. The molecule has 0 unspecified atom stereocenters. The standard InChI is InChI=1S/C12H28N4/c13-7-1-3-9-15-11-5-6-12-16-10-4-2-8-14/h5-6,15-16H,1-4,7-14H2/b6-5-. The van der Waals surface area contributed by atoms with Crippen LogP contribution in [0.1, 0.15) is 25.7 Å². The van der Waals surface area contributed by atoms with Crippen LogP contribution in [0.2, 0.25) is 0 Å². The van der Waals surface area contributed by atoms with E-state index in [1.807, 2.05) is 0 Å². The SMILES string of the molecule is NCCCCNC/C=C\CNCCCCN. The van der Waals surface area contributed by atoms with Crippen molar-refractivity contribution in [2.45, 2.75) is 25.7 Å². The van der Waals surface area contributed by atoms with Gasteiger partial charge in [0.25, 0.3) is 0 Å². The van der Waals surface area contributed by atoms with Gasteiger partial charge >= 0.3 is 0 Å². The van der Waals surface area contributed by atoms with Crippen LogP contribution in [-0.4, -0.2) is 39.3 Å². The molecular formula is C12H28N4. The minimum atomic E-state index is 0.796. The summed E-state index contributed by atoms with van der Waals surface area (Å²) in [6.45, 7) is 5.62. The van der Waals surface area contributed by atoms with E-state index in [0.29, 0.717) is 0 Å². The van der Waals surface area contributed by atoms with E-state index in [1.54, 1.807) is 0 Å². The molecular weight excluding hydrogens is 200 g/mol. The Morgan fingerprint density at radius 3 is 1.50 bits per heavy atom. The molecule has 4 nitrogen and oxygen atoms in total. The summed E-state index contributed by atoms with van der Waals surface area (Å²) in [6.07, 6.45) is 8.89. The van der Waals surface area contributed by atoms with Gasteiger partial charge in [-0.15, -0.1) is 0 Å². The molecule has 96 valence electrons. The summed E-state index contributed by atoms with van der Waals surface area (Å²) < 4.78 is 0. The highest BCUT2D eigenvalue weighted by atomic mass is 14.9. The largest absolute Gasteiger partial charge is 0.330 e. The molecule has 0 saturated heterocycles. The first kappa shape index (κ1) is 15.6. The zero-order chi connectivity index (χ0) is 11.9. The van der Waals surface area contributed by atoms with Gasteiger partial charge in [-0.25, -0.2) is 0 Å². The molecule has 0 aliphatic rings. The highest BCUT2D eigenvalue weighted by Gasteiger charge is 1.85. The molecule has 0 heterocycles. The first-order valence-corrected chi connectivity index (χ1v) is 6.38. The van der Waals surface area contributed by atoms with Crippen LogP contribution in [0.3, 0.4) is 0 Å². The fraction of sp³-hybridized carbons (Fsp3) is 0.833. The molecule has 6 N–H and O–H groups in total. The van der Waals surface area contributed by atoms with E-state index in [2.05, 4.69) is 22.8 Å². The average molecular weight is 228 g/mol. The molecule has 0 spiro atoms. The summed E-state index contributed by atoms with van der Waals surface area (Å²) in [5.74, 6) is 0. The Balaban J connectivity index is 2.98. The Kier molecular flexibility index (Phi) is 14.2. The van der Waals surface area contributed by atoms with Crippen LogP contribution in [0, 0.1) is 0 Å². The van der Waals surface area contributed by atoms with Gasteiger partial charge in [0.05, 0.1) is 0 Å². The molecule has 0 bridgehead atoms. The van der Waals surface area contributed by atoms with Crippen LogP contribution in [0.25, 0.3) is 0 Å². The Morgan fingerprint density at radius 2 is 1.12 bits per heavy atom. The lowest BCUT2D eigenvalue weighted by Gasteiger charge is -2.01. The molecule has 0 aromatic rings. The van der Waals surface area contributed by atoms with E-state index in [9.17, 15) is 0 Å². The van der Waals surface area contributed by atoms with Gasteiger partial charge in [0.2, 0.25) is 0 Å². The minimum Gasteiger partial charge on any atom is -0.330 e. The summed E-state index contributed by atoms with van der Waals surface area (Å²) in [4.78, 5) is 0. The molecule has 0 aliphatic carbocycles. The quantitative estimate of drug-likeness (QED) is 0.284. The smallest absolute Gasteiger partial charge is 0.0135 e. The van der Waals surface area contributed by atoms with Crippen molar-refractivity contribution in [1.29, 1.82) is 0 Å². The molecule has 0 saturated carbocycles. The maximum absolute atomic E-state index is 5.40. The molecule has 16 heavy (non-hydrogen) atoms. The maximum atomic E-state index is 5.40. The number of hydrogen-bond donors (Lipinski definition) is 4. The first-order valence-electron chi connectivity index (χ1n) is 6.38. The molecule has 4 heteroatoms. The van der Waals surface area contributed by atoms with Crippen LogP contribution >= 0.6 is 0 Å². The van der Waals surface area contributed by atoms with Crippen LogP contribution in [0.15, 0.2) is 12.2 Å². The summed E-state index contributed by atoms with van der Waals surface area (Å²) in [5.41, 5.74) is 10.8. The molecule has 0 fully saturated rings. The van der Waals surface area contributed by atoms with Crippen molar-refractivity contribution in [1.82, 2.24) is 10.6 Å². The molecule has 0 radical (unpaired) electrons. The monoisotopic (exact) mass is 228 g/mol. The summed E-state index contributed by atoms with van der Waals surface area (Å²) in [5, 5.41) is 6.69. The van der Waals surface area contributed by atoms with Gasteiger partial charge in [0.1, 0.15) is 0 Å². The number of rotatable bonds is 12. The zero-order valence-corrected chi connectivity index (χ0v) is 10.4. The second kappa shape index (κ2) is 14.6. The Hall–Kier alpha value is -0.420. The van der Waals surface area contributed by atoms with Crippen LogP contribution in [0.5, 0.6) is 0 Å². The first-order chi connectivity index (χ1) is 7.91. The Labute approximate surface area is 99.8 Å². The predicted molar refractivity (Wildman–Crippen MR) is 71.5 cm³/mol. The molecule has 0 aliphatic heterocycles. The van der Waals surface area contributed by atoms with Crippen molar-refractivity contribution in [3.8, 4) is 0 Å². The number of nitrogens with two attached hydrogens (primary N) is 2.